The van der Waals surface area contributed by atoms with Crippen LogP contribution in [0.15, 0.2) is 36.5 Å². The van der Waals surface area contributed by atoms with Crippen LogP contribution in [0.1, 0.15) is 5.69 Å². The van der Waals surface area contributed by atoms with E-state index in [1.807, 2.05) is 24.3 Å². The van der Waals surface area contributed by atoms with Crippen LogP contribution < -0.4 is 5.73 Å². The molecule has 1 amide bonds. The molecule has 4 heteroatoms. The standard InChI is InChI=1S/C10H9N3O/c11-10(14)5-4-8-2-1-3-9-6-7-12-13(8)9/h1-7H,(H2,11,14)/b5-4-. The number of nitrogens with zero attached hydrogens (tertiary/aromatic N) is 2. The topological polar surface area (TPSA) is 60.4 Å². The Balaban J connectivity index is 2.51. The van der Waals surface area contributed by atoms with Gasteiger partial charge in [-0.1, -0.05) is 6.07 Å². The zero-order valence-corrected chi connectivity index (χ0v) is 7.42. The molecule has 14 heavy (non-hydrogen) atoms. The minimum Gasteiger partial charge on any atom is -0.366 e. The molecule has 0 aliphatic rings. The highest BCUT2D eigenvalue weighted by atomic mass is 16.1. The van der Waals surface area contributed by atoms with Gasteiger partial charge >= 0.3 is 0 Å². The number of carbonyl (C=O) groups is 1. The van der Waals surface area contributed by atoms with Crippen molar-refractivity contribution >= 4 is 17.5 Å². The van der Waals surface area contributed by atoms with Crippen molar-refractivity contribution in [2.24, 2.45) is 5.73 Å². The molecule has 0 radical (unpaired) electrons. The molecule has 2 N–H and O–H groups in total. The molecule has 0 spiro atoms. The molecule has 2 aromatic rings. The summed E-state index contributed by atoms with van der Waals surface area (Å²) < 4.78 is 1.74. The van der Waals surface area contributed by atoms with E-state index in [0.717, 1.165) is 11.2 Å². The van der Waals surface area contributed by atoms with Crippen LogP contribution in [0.5, 0.6) is 0 Å². The predicted octanol–water partition coefficient (Wildman–Crippen LogP) is 0.833. The highest BCUT2D eigenvalue weighted by Gasteiger charge is 1.96. The molecule has 0 aromatic carbocycles. The first-order valence-electron chi connectivity index (χ1n) is 4.17. The Hall–Kier alpha value is -2.10. The lowest BCUT2D eigenvalue weighted by molar-refractivity contribution is -0.113. The largest absolute Gasteiger partial charge is 0.366 e. The average Bonchev–Trinajstić information content (AvgIpc) is 2.62. The molecular weight excluding hydrogens is 178 g/mol. The monoisotopic (exact) mass is 187 g/mol. The van der Waals surface area contributed by atoms with Crippen molar-refractivity contribution in [2.45, 2.75) is 0 Å². The fraction of sp³-hybridized carbons (Fsp3) is 0. The Morgan fingerprint density at radius 3 is 3.07 bits per heavy atom. The van der Waals surface area contributed by atoms with Gasteiger partial charge in [0.2, 0.25) is 5.91 Å². The number of hydrogen-bond acceptors (Lipinski definition) is 2. The lowest BCUT2D eigenvalue weighted by Gasteiger charge is -1.97. The zero-order chi connectivity index (χ0) is 9.97. The van der Waals surface area contributed by atoms with Gasteiger partial charge < -0.3 is 5.73 Å². The summed E-state index contributed by atoms with van der Waals surface area (Å²) in [7, 11) is 0. The van der Waals surface area contributed by atoms with Gasteiger partial charge in [-0.25, -0.2) is 4.52 Å². The first kappa shape index (κ1) is 8.50. The van der Waals surface area contributed by atoms with Gasteiger partial charge in [0.1, 0.15) is 0 Å². The van der Waals surface area contributed by atoms with E-state index < -0.39 is 5.91 Å². The summed E-state index contributed by atoms with van der Waals surface area (Å²) in [6.07, 6.45) is 4.66. The van der Waals surface area contributed by atoms with E-state index in [4.69, 9.17) is 5.73 Å². The average molecular weight is 187 g/mol. The molecule has 4 nitrogen and oxygen atoms in total. The van der Waals surface area contributed by atoms with E-state index in [2.05, 4.69) is 5.10 Å². The predicted molar refractivity (Wildman–Crippen MR) is 53.4 cm³/mol. The number of amides is 1. The van der Waals surface area contributed by atoms with Gasteiger partial charge in [-0.15, -0.1) is 0 Å². The molecule has 0 saturated carbocycles. The van der Waals surface area contributed by atoms with Crippen molar-refractivity contribution in [2.75, 3.05) is 0 Å². The van der Waals surface area contributed by atoms with Crippen molar-refractivity contribution in [1.29, 1.82) is 0 Å². The number of primary amides is 1. The number of pyridine rings is 1. The second-order valence-corrected chi connectivity index (χ2v) is 2.85. The highest BCUT2D eigenvalue weighted by Crippen LogP contribution is 2.07. The summed E-state index contributed by atoms with van der Waals surface area (Å²) in [5.41, 5.74) is 6.81. The number of aromatic nitrogens is 2. The molecule has 70 valence electrons. The van der Waals surface area contributed by atoms with Gasteiger partial charge in [0.05, 0.1) is 17.4 Å². The molecule has 0 bridgehead atoms. The maximum Gasteiger partial charge on any atom is 0.241 e. The number of nitrogens with two attached hydrogens (primary N) is 1. The van der Waals surface area contributed by atoms with Crippen LogP contribution in [0.2, 0.25) is 0 Å². The minimum atomic E-state index is -0.464. The normalized spacial score (nSPS) is 11.1. The van der Waals surface area contributed by atoms with Crippen LogP contribution >= 0.6 is 0 Å². The van der Waals surface area contributed by atoms with Crippen LogP contribution in [0.25, 0.3) is 11.6 Å². The van der Waals surface area contributed by atoms with Gasteiger partial charge in [-0.05, 0) is 24.3 Å². The van der Waals surface area contributed by atoms with E-state index in [-0.39, 0.29) is 0 Å². The van der Waals surface area contributed by atoms with E-state index in [0.29, 0.717) is 0 Å². The van der Waals surface area contributed by atoms with Crippen LogP contribution in [-0.2, 0) is 4.79 Å². The Labute approximate surface area is 80.6 Å². The lowest BCUT2D eigenvalue weighted by Crippen LogP contribution is -2.05. The molecule has 0 aliphatic heterocycles. The van der Waals surface area contributed by atoms with Crippen LogP contribution in [0.4, 0.5) is 0 Å². The van der Waals surface area contributed by atoms with Gasteiger partial charge in [0.25, 0.3) is 0 Å². The van der Waals surface area contributed by atoms with E-state index in [9.17, 15) is 4.79 Å². The van der Waals surface area contributed by atoms with Crippen molar-refractivity contribution in [1.82, 2.24) is 9.61 Å². The Kier molecular flexibility index (Phi) is 2.02. The molecular formula is C10H9N3O. The summed E-state index contributed by atoms with van der Waals surface area (Å²) in [6.45, 7) is 0. The first-order chi connectivity index (χ1) is 6.77. The molecule has 2 heterocycles. The van der Waals surface area contributed by atoms with Crippen LogP contribution in [0, 0.1) is 0 Å². The SMILES string of the molecule is NC(=O)/C=C\c1cccc2ccnn12. The summed E-state index contributed by atoms with van der Waals surface area (Å²) in [6, 6.07) is 7.59. The Morgan fingerprint density at radius 2 is 2.29 bits per heavy atom. The maximum atomic E-state index is 10.6. The third-order valence-corrected chi connectivity index (χ3v) is 1.87. The zero-order valence-electron chi connectivity index (χ0n) is 7.42. The van der Waals surface area contributed by atoms with Crippen molar-refractivity contribution in [3.05, 3.63) is 42.2 Å². The number of rotatable bonds is 2. The van der Waals surface area contributed by atoms with Gasteiger partial charge in [-0.2, -0.15) is 5.10 Å². The smallest absolute Gasteiger partial charge is 0.241 e. The summed E-state index contributed by atoms with van der Waals surface area (Å²) in [4.78, 5) is 10.6. The Bertz CT molecular complexity index is 499. The molecule has 0 atom stereocenters. The summed E-state index contributed by atoms with van der Waals surface area (Å²) in [5, 5.41) is 4.11. The van der Waals surface area contributed by atoms with E-state index >= 15 is 0 Å². The van der Waals surface area contributed by atoms with Crippen molar-refractivity contribution in [3.63, 3.8) is 0 Å². The number of fused-ring (bicyclic) bond motifs is 1. The van der Waals surface area contributed by atoms with Gasteiger partial charge in [0, 0.05) is 6.08 Å². The quantitative estimate of drug-likeness (QED) is 0.708. The minimum absolute atomic E-state index is 0.464. The van der Waals surface area contributed by atoms with E-state index in [1.165, 1.54) is 6.08 Å². The van der Waals surface area contributed by atoms with Crippen molar-refractivity contribution < 1.29 is 4.79 Å². The molecule has 0 fully saturated rings. The summed E-state index contributed by atoms with van der Waals surface area (Å²) in [5.74, 6) is -0.464. The molecule has 2 aromatic heterocycles. The fourth-order valence-corrected chi connectivity index (χ4v) is 1.27. The third kappa shape index (κ3) is 1.50. The third-order valence-electron chi connectivity index (χ3n) is 1.87. The van der Waals surface area contributed by atoms with E-state index in [1.54, 1.807) is 16.8 Å². The van der Waals surface area contributed by atoms with Crippen LogP contribution in [0.3, 0.4) is 0 Å². The van der Waals surface area contributed by atoms with Crippen molar-refractivity contribution in [3.8, 4) is 0 Å². The Morgan fingerprint density at radius 1 is 1.43 bits per heavy atom. The fourth-order valence-electron chi connectivity index (χ4n) is 1.27. The van der Waals surface area contributed by atoms with Crippen LogP contribution in [-0.4, -0.2) is 15.5 Å². The molecule has 0 unspecified atom stereocenters. The van der Waals surface area contributed by atoms with Gasteiger partial charge in [0.15, 0.2) is 0 Å². The number of hydrogen-bond donors (Lipinski definition) is 1. The number of carbonyl (C=O) groups excluding carboxylic acids is 1. The van der Waals surface area contributed by atoms with Gasteiger partial charge in [-0.3, -0.25) is 4.79 Å². The second kappa shape index (κ2) is 3.33. The maximum absolute atomic E-state index is 10.6. The second-order valence-electron chi connectivity index (χ2n) is 2.85. The first-order valence-corrected chi connectivity index (χ1v) is 4.17. The molecule has 0 aliphatic carbocycles. The lowest BCUT2D eigenvalue weighted by atomic mass is 10.3. The molecule has 0 saturated heterocycles. The molecule has 2 rings (SSSR count). The summed E-state index contributed by atoms with van der Waals surface area (Å²) >= 11 is 0. The highest BCUT2D eigenvalue weighted by molar-refractivity contribution is 5.90.